The Hall–Kier alpha value is -0.650. The lowest BCUT2D eigenvalue weighted by atomic mass is 10.2. The zero-order chi connectivity index (χ0) is 13.0. The zero-order valence-electron chi connectivity index (χ0n) is 10.7. The van der Waals surface area contributed by atoms with Crippen molar-refractivity contribution in [2.75, 3.05) is 6.54 Å². The summed E-state index contributed by atoms with van der Waals surface area (Å²) in [6.07, 6.45) is 6.25. The summed E-state index contributed by atoms with van der Waals surface area (Å²) in [7, 11) is 1.96. The first kappa shape index (κ1) is 13.8. The summed E-state index contributed by atoms with van der Waals surface area (Å²) in [5.41, 5.74) is 1.31. The normalized spacial score (nSPS) is 12.8. The molecule has 1 unspecified atom stereocenters. The molecule has 0 aliphatic carbocycles. The molecule has 2 aromatic heterocycles. The highest BCUT2D eigenvalue weighted by molar-refractivity contribution is 9.11. The summed E-state index contributed by atoms with van der Waals surface area (Å²) in [5, 5.41) is 7.73. The van der Waals surface area contributed by atoms with Crippen LogP contribution in [-0.4, -0.2) is 16.3 Å². The third kappa shape index (κ3) is 3.93. The zero-order valence-corrected chi connectivity index (χ0v) is 13.1. The fourth-order valence-corrected chi connectivity index (χ4v) is 3.32. The highest BCUT2D eigenvalue weighted by Gasteiger charge is 2.06. The Morgan fingerprint density at radius 3 is 2.94 bits per heavy atom. The van der Waals surface area contributed by atoms with E-state index in [1.54, 1.807) is 11.3 Å². The lowest BCUT2D eigenvalue weighted by molar-refractivity contribution is 0.565. The summed E-state index contributed by atoms with van der Waals surface area (Å²) < 4.78 is 3.05. The van der Waals surface area contributed by atoms with Crippen molar-refractivity contribution in [3.05, 3.63) is 38.8 Å². The minimum atomic E-state index is 0.426. The fourth-order valence-electron chi connectivity index (χ4n) is 1.87. The molecule has 1 atom stereocenters. The number of thiophene rings is 1. The van der Waals surface area contributed by atoms with E-state index in [4.69, 9.17) is 0 Å². The Balaban J connectivity index is 1.69. The van der Waals surface area contributed by atoms with Gasteiger partial charge in [0.05, 0.1) is 9.98 Å². The molecule has 5 heteroatoms. The number of aryl methyl sites for hydroxylation is 2. The fraction of sp³-hybridized carbons (Fsp3) is 0.462. The first-order chi connectivity index (χ1) is 8.65. The van der Waals surface area contributed by atoms with Crippen molar-refractivity contribution in [3.63, 3.8) is 0 Å². The molecule has 0 aliphatic rings. The van der Waals surface area contributed by atoms with E-state index in [9.17, 15) is 0 Å². The summed E-state index contributed by atoms with van der Waals surface area (Å²) in [4.78, 5) is 1.38. The molecule has 0 fully saturated rings. The van der Waals surface area contributed by atoms with E-state index < -0.39 is 0 Å². The van der Waals surface area contributed by atoms with Gasteiger partial charge in [0.1, 0.15) is 0 Å². The van der Waals surface area contributed by atoms with Gasteiger partial charge in [-0.05, 0) is 59.9 Å². The molecule has 0 amide bonds. The number of rotatable bonds is 6. The van der Waals surface area contributed by atoms with Crippen LogP contribution in [0.5, 0.6) is 0 Å². The summed E-state index contributed by atoms with van der Waals surface area (Å²) in [5.74, 6) is 0. The smallest absolute Gasteiger partial charge is 0.0701 e. The minimum Gasteiger partial charge on any atom is -0.309 e. The molecule has 0 aromatic carbocycles. The van der Waals surface area contributed by atoms with Crippen molar-refractivity contribution in [2.45, 2.75) is 25.8 Å². The average Bonchev–Trinajstić information content (AvgIpc) is 2.93. The van der Waals surface area contributed by atoms with Crippen LogP contribution in [0.4, 0.5) is 0 Å². The Kier molecular flexibility index (Phi) is 4.97. The van der Waals surface area contributed by atoms with E-state index in [0.717, 1.165) is 19.4 Å². The second kappa shape index (κ2) is 6.50. The Labute approximate surface area is 120 Å². The molecule has 0 saturated heterocycles. The number of halogens is 1. The second-order valence-corrected chi connectivity index (χ2v) is 6.94. The van der Waals surface area contributed by atoms with Crippen LogP contribution >= 0.6 is 27.3 Å². The van der Waals surface area contributed by atoms with Crippen molar-refractivity contribution in [1.82, 2.24) is 15.1 Å². The monoisotopic (exact) mass is 327 g/mol. The van der Waals surface area contributed by atoms with Crippen LogP contribution in [0, 0.1) is 0 Å². The van der Waals surface area contributed by atoms with E-state index in [-0.39, 0.29) is 0 Å². The molecule has 2 heterocycles. The second-order valence-electron chi connectivity index (χ2n) is 4.44. The van der Waals surface area contributed by atoms with Gasteiger partial charge in [-0.2, -0.15) is 5.10 Å². The van der Waals surface area contributed by atoms with Gasteiger partial charge in [0.15, 0.2) is 0 Å². The molecule has 0 spiro atoms. The molecule has 0 saturated carbocycles. The summed E-state index contributed by atoms with van der Waals surface area (Å²) in [6, 6.07) is 4.71. The quantitative estimate of drug-likeness (QED) is 0.822. The van der Waals surface area contributed by atoms with Gasteiger partial charge >= 0.3 is 0 Å². The van der Waals surface area contributed by atoms with Crippen LogP contribution in [0.1, 0.15) is 29.8 Å². The highest BCUT2D eigenvalue weighted by Crippen LogP contribution is 2.26. The van der Waals surface area contributed by atoms with Gasteiger partial charge in [0.25, 0.3) is 0 Å². The first-order valence-corrected chi connectivity index (χ1v) is 7.72. The number of nitrogens with zero attached hydrogens (tertiary/aromatic N) is 2. The Bertz CT molecular complexity index is 492. The van der Waals surface area contributed by atoms with E-state index in [0.29, 0.717) is 6.04 Å². The van der Waals surface area contributed by atoms with Crippen LogP contribution in [0.15, 0.2) is 28.3 Å². The van der Waals surface area contributed by atoms with Crippen LogP contribution in [0.2, 0.25) is 0 Å². The van der Waals surface area contributed by atoms with E-state index in [1.807, 2.05) is 17.9 Å². The third-order valence-corrected chi connectivity index (χ3v) is 4.68. The maximum absolute atomic E-state index is 4.17. The molecule has 3 nitrogen and oxygen atoms in total. The predicted molar refractivity (Wildman–Crippen MR) is 80.0 cm³/mol. The van der Waals surface area contributed by atoms with E-state index in [2.05, 4.69) is 51.6 Å². The van der Waals surface area contributed by atoms with Crippen molar-refractivity contribution in [3.8, 4) is 0 Å². The maximum atomic E-state index is 4.17. The van der Waals surface area contributed by atoms with Gasteiger partial charge < -0.3 is 5.32 Å². The number of nitrogens with one attached hydrogen (secondary N) is 1. The predicted octanol–water partition coefficient (Wildman–Crippen LogP) is 3.53. The highest BCUT2D eigenvalue weighted by atomic mass is 79.9. The topological polar surface area (TPSA) is 29.9 Å². The molecule has 1 N–H and O–H groups in total. The molecule has 0 bridgehead atoms. The first-order valence-electron chi connectivity index (χ1n) is 6.11. The van der Waals surface area contributed by atoms with Crippen LogP contribution in [0.3, 0.4) is 0 Å². The average molecular weight is 328 g/mol. The van der Waals surface area contributed by atoms with Gasteiger partial charge in [0, 0.05) is 24.2 Å². The summed E-state index contributed by atoms with van der Waals surface area (Å²) in [6.45, 7) is 3.24. The number of aromatic nitrogens is 2. The van der Waals surface area contributed by atoms with Crippen molar-refractivity contribution < 1.29 is 0 Å². The third-order valence-electron chi connectivity index (χ3n) is 2.87. The van der Waals surface area contributed by atoms with Crippen LogP contribution < -0.4 is 5.32 Å². The molecule has 98 valence electrons. The molecule has 2 aromatic rings. The largest absolute Gasteiger partial charge is 0.309 e. The van der Waals surface area contributed by atoms with Crippen LogP contribution in [0.25, 0.3) is 0 Å². The van der Waals surface area contributed by atoms with Crippen molar-refractivity contribution in [1.29, 1.82) is 0 Å². The number of hydrogen-bond donors (Lipinski definition) is 1. The molecule has 2 rings (SSSR count). The Morgan fingerprint density at radius 2 is 2.33 bits per heavy atom. The molecule has 0 aliphatic heterocycles. The maximum Gasteiger partial charge on any atom is 0.0701 e. The Morgan fingerprint density at radius 1 is 1.50 bits per heavy atom. The molecule has 0 radical (unpaired) electrons. The van der Waals surface area contributed by atoms with Gasteiger partial charge in [-0.1, -0.05) is 0 Å². The van der Waals surface area contributed by atoms with Gasteiger partial charge in [0.2, 0.25) is 0 Å². The van der Waals surface area contributed by atoms with Crippen molar-refractivity contribution in [2.24, 2.45) is 7.05 Å². The summed E-state index contributed by atoms with van der Waals surface area (Å²) >= 11 is 5.29. The lowest BCUT2D eigenvalue weighted by Gasteiger charge is -2.11. The van der Waals surface area contributed by atoms with Crippen molar-refractivity contribution >= 4 is 27.3 Å². The van der Waals surface area contributed by atoms with Crippen LogP contribution in [-0.2, 0) is 13.5 Å². The van der Waals surface area contributed by atoms with Gasteiger partial charge in [-0.3, -0.25) is 4.68 Å². The van der Waals surface area contributed by atoms with Gasteiger partial charge in [-0.15, -0.1) is 11.3 Å². The minimum absolute atomic E-state index is 0.426. The van der Waals surface area contributed by atoms with E-state index >= 15 is 0 Å². The molecular formula is C13H18BrN3S. The lowest BCUT2D eigenvalue weighted by Crippen LogP contribution is -2.19. The molecule has 18 heavy (non-hydrogen) atoms. The standard InChI is InChI=1S/C13H18BrN3S/c1-10(12-5-6-13(14)18-12)15-7-3-4-11-8-16-17(2)9-11/h5-6,8-10,15H,3-4,7H2,1-2H3. The SMILES string of the molecule is CC(NCCCc1cnn(C)c1)c1ccc(Br)s1. The molecular weight excluding hydrogens is 310 g/mol. The van der Waals surface area contributed by atoms with Gasteiger partial charge in [-0.25, -0.2) is 0 Å². The number of hydrogen-bond acceptors (Lipinski definition) is 3. The van der Waals surface area contributed by atoms with E-state index in [1.165, 1.54) is 14.2 Å².